The van der Waals surface area contributed by atoms with Crippen molar-refractivity contribution in [2.75, 3.05) is 18.6 Å². The predicted molar refractivity (Wildman–Crippen MR) is 89.0 cm³/mol. The zero-order valence-electron chi connectivity index (χ0n) is 12.9. The van der Waals surface area contributed by atoms with Crippen LogP contribution in [0, 0.1) is 0 Å². The van der Waals surface area contributed by atoms with Gasteiger partial charge in [-0.3, -0.25) is 0 Å². The van der Waals surface area contributed by atoms with E-state index in [1.54, 1.807) is 30.1 Å². The molecule has 1 atom stereocenters. The van der Waals surface area contributed by atoms with Crippen LogP contribution in [0.3, 0.4) is 0 Å². The molecule has 0 bridgehead atoms. The number of nitrogens with zero attached hydrogens (tertiary/aromatic N) is 1. The molecule has 21 heavy (non-hydrogen) atoms. The molecule has 2 N–H and O–H groups in total. The van der Waals surface area contributed by atoms with E-state index in [1.807, 2.05) is 13.2 Å². The van der Waals surface area contributed by atoms with Crippen LogP contribution >= 0.6 is 11.8 Å². The molecule has 1 unspecified atom stereocenters. The van der Waals surface area contributed by atoms with Gasteiger partial charge in [-0.2, -0.15) is 11.8 Å². The molecular formula is C14H25N3O2S2. The third kappa shape index (κ3) is 6.78. The molecule has 5 nitrogen and oxygen atoms in total. The van der Waals surface area contributed by atoms with Crippen LogP contribution in [-0.2, 0) is 16.6 Å². The Morgan fingerprint density at radius 2 is 2.14 bits per heavy atom. The number of nitrogens with one attached hydrogen (secondary N) is 2. The molecule has 0 amide bonds. The van der Waals surface area contributed by atoms with Crippen LogP contribution in [-0.4, -0.2) is 38.0 Å². The van der Waals surface area contributed by atoms with Gasteiger partial charge in [-0.05, 0) is 49.9 Å². The Balaban J connectivity index is 2.62. The highest BCUT2D eigenvalue weighted by Crippen LogP contribution is 2.09. The first-order valence-corrected chi connectivity index (χ1v) is 10.0. The van der Waals surface area contributed by atoms with Crippen LogP contribution in [0.2, 0.25) is 0 Å². The summed E-state index contributed by atoms with van der Waals surface area (Å²) in [6.07, 6.45) is 5.50. The van der Waals surface area contributed by atoms with E-state index in [0.717, 1.165) is 30.7 Å². The fourth-order valence-electron chi connectivity index (χ4n) is 1.76. The van der Waals surface area contributed by atoms with Crippen LogP contribution in [0.25, 0.3) is 0 Å². The Morgan fingerprint density at radius 3 is 2.71 bits per heavy atom. The number of aromatic nitrogens is 1. The van der Waals surface area contributed by atoms with Gasteiger partial charge in [0.2, 0.25) is 0 Å². The number of pyridine rings is 1. The molecule has 0 radical (unpaired) electrons. The molecule has 1 rings (SSSR count). The molecule has 0 spiro atoms. The van der Waals surface area contributed by atoms with Crippen molar-refractivity contribution in [1.82, 2.24) is 15.0 Å². The van der Waals surface area contributed by atoms with Gasteiger partial charge in [-0.15, -0.1) is 0 Å². The molecule has 0 aliphatic heterocycles. The van der Waals surface area contributed by atoms with Crippen molar-refractivity contribution in [1.29, 1.82) is 0 Å². The molecule has 0 saturated carbocycles. The van der Waals surface area contributed by atoms with Crippen molar-refractivity contribution in [3.63, 3.8) is 0 Å². The van der Waals surface area contributed by atoms with E-state index in [4.69, 9.17) is 0 Å². The van der Waals surface area contributed by atoms with Crippen LogP contribution in [0.5, 0.6) is 0 Å². The van der Waals surface area contributed by atoms with Crippen molar-refractivity contribution in [2.24, 2.45) is 0 Å². The standard InChI is InChI=1S/C14H25N3O2S2/c1-4-8-15-10-13-5-6-14(16-11-13)21(18,19)17-12(2)7-9-20-3/h5-6,11-12,15,17H,4,7-10H2,1-3H3. The summed E-state index contributed by atoms with van der Waals surface area (Å²) < 4.78 is 27.0. The lowest BCUT2D eigenvalue weighted by Crippen LogP contribution is -2.33. The lowest BCUT2D eigenvalue weighted by Gasteiger charge is -2.13. The fraction of sp³-hybridized carbons (Fsp3) is 0.643. The Kier molecular flexibility index (Phi) is 8.24. The Morgan fingerprint density at radius 1 is 1.38 bits per heavy atom. The van der Waals surface area contributed by atoms with Crippen molar-refractivity contribution in [3.8, 4) is 0 Å². The molecule has 1 aromatic rings. The Bertz CT molecular complexity index is 503. The largest absolute Gasteiger partial charge is 0.313 e. The van der Waals surface area contributed by atoms with E-state index >= 15 is 0 Å². The molecule has 0 saturated heterocycles. The van der Waals surface area contributed by atoms with Gasteiger partial charge >= 0.3 is 0 Å². The number of hydrogen-bond donors (Lipinski definition) is 2. The Hall–Kier alpha value is -0.630. The fourth-order valence-corrected chi connectivity index (χ4v) is 3.56. The van der Waals surface area contributed by atoms with Gasteiger partial charge in [0.25, 0.3) is 10.0 Å². The number of rotatable bonds is 10. The third-order valence-corrected chi connectivity index (χ3v) is 5.09. The van der Waals surface area contributed by atoms with E-state index in [9.17, 15) is 8.42 Å². The maximum Gasteiger partial charge on any atom is 0.258 e. The van der Waals surface area contributed by atoms with Crippen molar-refractivity contribution >= 4 is 21.8 Å². The minimum atomic E-state index is -3.52. The number of thioether (sulfide) groups is 1. The number of sulfonamides is 1. The Labute approximate surface area is 132 Å². The van der Waals surface area contributed by atoms with E-state index < -0.39 is 10.0 Å². The van der Waals surface area contributed by atoms with E-state index in [0.29, 0.717) is 6.54 Å². The van der Waals surface area contributed by atoms with Crippen LogP contribution in [0.15, 0.2) is 23.4 Å². The molecular weight excluding hydrogens is 306 g/mol. The van der Waals surface area contributed by atoms with E-state index in [-0.39, 0.29) is 11.1 Å². The highest BCUT2D eigenvalue weighted by atomic mass is 32.2. The van der Waals surface area contributed by atoms with Crippen LogP contribution < -0.4 is 10.0 Å². The summed E-state index contributed by atoms with van der Waals surface area (Å²) in [5.74, 6) is 0.930. The maximum absolute atomic E-state index is 12.2. The second kappa shape index (κ2) is 9.40. The topological polar surface area (TPSA) is 71.1 Å². The molecule has 0 aliphatic carbocycles. The molecule has 1 aromatic heterocycles. The smallest absolute Gasteiger partial charge is 0.258 e. The zero-order valence-corrected chi connectivity index (χ0v) is 14.6. The van der Waals surface area contributed by atoms with Crippen LogP contribution in [0.4, 0.5) is 0 Å². The van der Waals surface area contributed by atoms with Gasteiger partial charge < -0.3 is 5.32 Å². The minimum Gasteiger partial charge on any atom is -0.313 e. The predicted octanol–water partition coefficient (Wildman–Crippen LogP) is 2.00. The number of hydrogen-bond acceptors (Lipinski definition) is 5. The minimum absolute atomic E-state index is 0.0812. The summed E-state index contributed by atoms with van der Waals surface area (Å²) >= 11 is 1.71. The van der Waals surface area contributed by atoms with Crippen LogP contribution in [0.1, 0.15) is 32.3 Å². The first-order valence-electron chi connectivity index (χ1n) is 7.16. The molecule has 120 valence electrons. The zero-order chi connectivity index (χ0) is 15.7. The highest BCUT2D eigenvalue weighted by molar-refractivity contribution is 7.98. The summed E-state index contributed by atoms with van der Waals surface area (Å²) in [6.45, 7) is 5.62. The quantitative estimate of drug-likeness (QED) is 0.642. The molecule has 7 heteroatoms. The van der Waals surface area contributed by atoms with Gasteiger partial charge in [-0.1, -0.05) is 13.0 Å². The molecule has 0 aromatic carbocycles. The van der Waals surface area contributed by atoms with Crippen molar-refractivity contribution in [2.45, 2.75) is 44.3 Å². The first kappa shape index (κ1) is 18.4. The third-order valence-electron chi connectivity index (χ3n) is 2.94. The van der Waals surface area contributed by atoms with Crippen molar-refractivity contribution in [3.05, 3.63) is 23.9 Å². The van der Waals surface area contributed by atoms with Gasteiger partial charge in [-0.25, -0.2) is 18.1 Å². The van der Waals surface area contributed by atoms with Gasteiger partial charge in [0.05, 0.1) is 0 Å². The average molecular weight is 332 g/mol. The second-order valence-corrected chi connectivity index (χ2v) is 7.63. The van der Waals surface area contributed by atoms with E-state index in [1.165, 1.54) is 0 Å². The summed E-state index contributed by atoms with van der Waals surface area (Å²) in [7, 11) is -3.52. The molecule has 0 fully saturated rings. The van der Waals surface area contributed by atoms with Crippen molar-refractivity contribution < 1.29 is 8.42 Å². The van der Waals surface area contributed by atoms with E-state index in [2.05, 4.69) is 21.9 Å². The SMILES string of the molecule is CCCNCc1ccc(S(=O)(=O)NC(C)CCSC)nc1. The van der Waals surface area contributed by atoms with Gasteiger partial charge in [0.1, 0.15) is 0 Å². The highest BCUT2D eigenvalue weighted by Gasteiger charge is 2.18. The average Bonchev–Trinajstić information content (AvgIpc) is 2.45. The summed E-state index contributed by atoms with van der Waals surface area (Å²) in [5.41, 5.74) is 0.984. The summed E-state index contributed by atoms with van der Waals surface area (Å²) in [4.78, 5) is 4.07. The lowest BCUT2D eigenvalue weighted by atomic mass is 10.3. The second-order valence-electron chi connectivity index (χ2n) is 4.99. The lowest BCUT2D eigenvalue weighted by molar-refractivity contribution is 0.553. The molecule has 0 aliphatic rings. The normalized spacial score (nSPS) is 13.3. The summed E-state index contributed by atoms with van der Waals surface area (Å²) in [6, 6.07) is 3.28. The maximum atomic E-state index is 12.2. The summed E-state index contributed by atoms with van der Waals surface area (Å²) in [5, 5.41) is 3.34. The van der Waals surface area contributed by atoms with Gasteiger partial charge in [0, 0.05) is 18.8 Å². The molecule has 1 heterocycles. The van der Waals surface area contributed by atoms with Gasteiger partial charge in [0.15, 0.2) is 5.03 Å². The first-order chi connectivity index (χ1) is 9.99. The monoisotopic (exact) mass is 331 g/mol.